The Kier molecular flexibility index (Phi) is 2.80. The Morgan fingerprint density at radius 2 is 2.33 bits per heavy atom. The van der Waals surface area contributed by atoms with Crippen LogP contribution in [0.5, 0.6) is 0 Å². The number of piperidine rings is 1. The molecule has 1 aromatic heterocycles. The van der Waals surface area contributed by atoms with Crippen LogP contribution in [-0.2, 0) is 0 Å². The van der Waals surface area contributed by atoms with Gasteiger partial charge in [0.1, 0.15) is 0 Å². The third kappa shape index (κ3) is 2.06. The molecule has 0 radical (unpaired) electrons. The van der Waals surface area contributed by atoms with Gasteiger partial charge in [0, 0.05) is 12.7 Å². The van der Waals surface area contributed by atoms with Gasteiger partial charge in [0.15, 0.2) is 0 Å². The molecule has 2 heterocycles. The number of amides is 1. The zero-order valence-corrected chi connectivity index (χ0v) is 8.33. The largest absolute Gasteiger partial charge is 0.465 e. The quantitative estimate of drug-likeness (QED) is 0.760. The van der Waals surface area contributed by atoms with E-state index in [0.717, 1.165) is 24.8 Å². The zero-order chi connectivity index (χ0) is 10.7. The zero-order valence-electron chi connectivity index (χ0n) is 8.33. The Hall–Kier alpha value is -1.65. The van der Waals surface area contributed by atoms with Crippen LogP contribution >= 0.6 is 0 Å². The molecule has 0 bridgehead atoms. The first kappa shape index (κ1) is 9.89. The van der Waals surface area contributed by atoms with Crippen molar-refractivity contribution in [1.82, 2.24) is 15.1 Å². The highest BCUT2D eigenvalue weighted by atomic mass is 16.4. The number of likely N-dealkylation sites (tertiary alicyclic amines) is 1. The Balaban J connectivity index is 2.22. The highest BCUT2D eigenvalue weighted by Crippen LogP contribution is 2.29. The second-order valence-electron chi connectivity index (χ2n) is 3.66. The molecular formula is C10H13N3O2. The average molecular weight is 207 g/mol. The van der Waals surface area contributed by atoms with Crippen LogP contribution in [0.2, 0.25) is 0 Å². The lowest BCUT2D eigenvalue weighted by Gasteiger charge is -2.33. The van der Waals surface area contributed by atoms with Crippen LogP contribution in [-0.4, -0.2) is 32.8 Å². The van der Waals surface area contributed by atoms with Gasteiger partial charge in [-0.2, -0.15) is 10.2 Å². The summed E-state index contributed by atoms with van der Waals surface area (Å²) in [6.07, 6.45) is 5.28. The first-order chi connectivity index (χ1) is 7.29. The highest BCUT2D eigenvalue weighted by Gasteiger charge is 2.27. The summed E-state index contributed by atoms with van der Waals surface area (Å²) < 4.78 is 0. The molecule has 15 heavy (non-hydrogen) atoms. The van der Waals surface area contributed by atoms with Crippen molar-refractivity contribution in [2.75, 3.05) is 6.54 Å². The van der Waals surface area contributed by atoms with Crippen LogP contribution in [0, 0.1) is 0 Å². The van der Waals surface area contributed by atoms with Crippen molar-refractivity contribution < 1.29 is 9.90 Å². The van der Waals surface area contributed by atoms with Crippen LogP contribution in [0.3, 0.4) is 0 Å². The summed E-state index contributed by atoms with van der Waals surface area (Å²) in [5.41, 5.74) is 0.937. The maximum atomic E-state index is 11.0. The third-order valence-electron chi connectivity index (χ3n) is 2.74. The Labute approximate surface area is 87.7 Å². The summed E-state index contributed by atoms with van der Waals surface area (Å²) in [5, 5.41) is 16.5. The maximum Gasteiger partial charge on any atom is 0.407 e. The molecule has 1 fully saturated rings. The molecule has 1 aromatic rings. The van der Waals surface area contributed by atoms with Crippen molar-refractivity contribution in [1.29, 1.82) is 0 Å². The van der Waals surface area contributed by atoms with Crippen molar-refractivity contribution in [3.63, 3.8) is 0 Å². The lowest BCUT2D eigenvalue weighted by atomic mass is 9.97. The van der Waals surface area contributed by atoms with Gasteiger partial charge < -0.3 is 10.0 Å². The molecule has 0 aliphatic carbocycles. The van der Waals surface area contributed by atoms with E-state index in [1.165, 1.54) is 4.90 Å². The highest BCUT2D eigenvalue weighted by molar-refractivity contribution is 5.65. The van der Waals surface area contributed by atoms with Crippen molar-refractivity contribution in [3.8, 4) is 0 Å². The minimum atomic E-state index is -0.850. The maximum absolute atomic E-state index is 11.0. The van der Waals surface area contributed by atoms with E-state index in [9.17, 15) is 4.79 Å². The Morgan fingerprint density at radius 1 is 1.47 bits per heavy atom. The van der Waals surface area contributed by atoms with Gasteiger partial charge in [0.25, 0.3) is 0 Å². The topological polar surface area (TPSA) is 66.3 Å². The monoisotopic (exact) mass is 207 g/mol. The summed E-state index contributed by atoms with van der Waals surface area (Å²) in [4.78, 5) is 12.5. The SMILES string of the molecule is O=C(O)N1CCCC[C@@H]1c1ccnnc1. The molecule has 0 aromatic carbocycles. The number of rotatable bonds is 1. The summed E-state index contributed by atoms with van der Waals surface area (Å²) in [7, 11) is 0. The molecule has 1 aliphatic rings. The summed E-state index contributed by atoms with van der Waals surface area (Å²) in [6.45, 7) is 0.613. The predicted molar refractivity (Wildman–Crippen MR) is 53.4 cm³/mol. The average Bonchev–Trinajstić information content (AvgIpc) is 2.30. The minimum Gasteiger partial charge on any atom is -0.465 e. The number of nitrogens with zero attached hydrogens (tertiary/aromatic N) is 3. The molecule has 0 spiro atoms. The fourth-order valence-electron chi connectivity index (χ4n) is 2.01. The van der Waals surface area contributed by atoms with Crippen LogP contribution < -0.4 is 0 Å². The molecule has 1 atom stereocenters. The normalized spacial score (nSPS) is 21.3. The van der Waals surface area contributed by atoms with Gasteiger partial charge in [0.2, 0.25) is 0 Å². The van der Waals surface area contributed by atoms with E-state index < -0.39 is 6.09 Å². The van der Waals surface area contributed by atoms with Crippen LogP contribution in [0.1, 0.15) is 30.9 Å². The van der Waals surface area contributed by atoms with E-state index in [1.54, 1.807) is 12.4 Å². The van der Waals surface area contributed by atoms with E-state index in [-0.39, 0.29) is 6.04 Å². The Bertz CT molecular complexity index is 342. The Morgan fingerprint density at radius 3 is 3.00 bits per heavy atom. The van der Waals surface area contributed by atoms with Crippen molar-refractivity contribution in [3.05, 3.63) is 24.0 Å². The third-order valence-corrected chi connectivity index (χ3v) is 2.74. The summed E-state index contributed by atoms with van der Waals surface area (Å²) in [5.74, 6) is 0. The molecular weight excluding hydrogens is 194 g/mol. The molecule has 5 heteroatoms. The van der Waals surface area contributed by atoms with E-state index in [1.807, 2.05) is 6.07 Å². The molecule has 0 saturated carbocycles. The van der Waals surface area contributed by atoms with Gasteiger partial charge in [-0.1, -0.05) is 0 Å². The van der Waals surface area contributed by atoms with Crippen LogP contribution in [0.4, 0.5) is 4.79 Å². The van der Waals surface area contributed by atoms with Crippen molar-refractivity contribution >= 4 is 6.09 Å². The lowest BCUT2D eigenvalue weighted by molar-refractivity contribution is 0.106. The fraction of sp³-hybridized carbons (Fsp3) is 0.500. The van der Waals surface area contributed by atoms with E-state index in [0.29, 0.717) is 6.54 Å². The van der Waals surface area contributed by atoms with E-state index in [2.05, 4.69) is 10.2 Å². The summed E-state index contributed by atoms with van der Waals surface area (Å²) >= 11 is 0. The van der Waals surface area contributed by atoms with E-state index in [4.69, 9.17) is 5.11 Å². The molecule has 1 saturated heterocycles. The molecule has 2 rings (SSSR count). The first-order valence-electron chi connectivity index (χ1n) is 5.05. The smallest absolute Gasteiger partial charge is 0.407 e. The van der Waals surface area contributed by atoms with E-state index >= 15 is 0 Å². The van der Waals surface area contributed by atoms with Gasteiger partial charge in [0.05, 0.1) is 12.2 Å². The fourth-order valence-corrected chi connectivity index (χ4v) is 2.01. The number of aromatic nitrogens is 2. The van der Waals surface area contributed by atoms with Gasteiger partial charge in [-0.3, -0.25) is 0 Å². The van der Waals surface area contributed by atoms with Crippen molar-refractivity contribution in [2.24, 2.45) is 0 Å². The minimum absolute atomic E-state index is 0.0493. The van der Waals surface area contributed by atoms with Gasteiger partial charge in [-0.05, 0) is 30.9 Å². The molecule has 5 nitrogen and oxygen atoms in total. The second-order valence-corrected chi connectivity index (χ2v) is 3.66. The molecule has 0 unspecified atom stereocenters. The molecule has 1 amide bonds. The predicted octanol–water partition coefficient (Wildman–Crippen LogP) is 1.68. The first-order valence-corrected chi connectivity index (χ1v) is 5.05. The molecule has 1 N–H and O–H groups in total. The van der Waals surface area contributed by atoms with Crippen LogP contribution in [0.25, 0.3) is 0 Å². The van der Waals surface area contributed by atoms with Gasteiger partial charge in [-0.15, -0.1) is 0 Å². The molecule has 1 aliphatic heterocycles. The van der Waals surface area contributed by atoms with Gasteiger partial charge in [-0.25, -0.2) is 4.79 Å². The van der Waals surface area contributed by atoms with Gasteiger partial charge >= 0.3 is 6.09 Å². The van der Waals surface area contributed by atoms with Crippen LogP contribution in [0.15, 0.2) is 18.5 Å². The number of carbonyl (C=O) groups is 1. The lowest BCUT2D eigenvalue weighted by Crippen LogP contribution is -2.37. The summed E-state index contributed by atoms with van der Waals surface area (Å²) in [6, 6.07) is 1.78. The number of hydrogen-bond acceptors (Lipinski definition) is 3. The number of carboxylic acid groups (broad SMARTS) is 1. The second kappa shape index (κ2) is 4.25. The standard InChI is InChI=1S/C10H13N3O2/c14-10(15)13-6-2-1-3-9(13)8-4-5-11-12-7-8/h4-5,7,9H,1-3,6H2,(H,14,15)/t9-/m1/s1. The van der Waals surface area contributed by atoms with Crippen molar-refractivity contribution in [2.45, 2.75) is 25.3 Å². The molecule has 80 valence electrons. The number of hydrogen-bond donors (Lipinski definition) is 1.